The van der Waals surface area contributed by atoms with Crippen molar-refractivity contribution in [2.45, 2.75) is 24.7 Å². The molecule has 0 aliphatic carbocycles. The molecule has 162 valence electrons. The maximum Gasteiger partial charge on any atom is 0.263 e. The molecule has 0 atom stereocenters. The highest BCUT2D eigenvalue weighted by Gasteiger charge is 2.26. The Bertz CT molecular complexity index is 1450. The summed E-state index contributed by atoms with van der Waals surface area (Å²) in [7, 11) is -3.79. The first kappa shape index (κ1) is 20.6. The van der Waals surface area contributed by atoms with Gasteiger partial charge in [0.1, 0.15) is 5.01 Å². The van der Waals surface area contributed by atoms with Gasteiger partial charge in [-0.3, -0.25) is 9.52 Å². The monoisotopic (exact) mass is 464 g/mol. The molecule has 0 unspecified atom stereocenters. The normalized spacial score (nSPS) is 13.7. The van der Waals surface area contributed by atoms with Gasteiger partial charge in [-0.25, -0.2) is 8.42 Å². The first-order chi connectivity index (χ1) is 15.4. The first-order valence-electron chi connectivity index (χ1n) is 10.2. The third-order valence-corrected chi connectivity index (χ3v) is 7.69. The predicted octanol–water partition coefficient (Wildman–Crippen LogP) is 4.39. The van der Waals surface area contributed by atoms with Gasteiger partial charge in [-0.05, 0) is 66.4 Å². The highest BCUT2D eigenvalue weighted by atomic mass is 32.2. The standard InChI is InChI=1S/C23H20N4O3S2/c1-15-24-25-23(31-15)26-32(29,30)20-10-11-21-18(14-20)7-4-12-27(21)22(28)19-9-8-16-5-2-3-6-17(16)13-19/h2-3,5-6,8-11,13-14H,4,7,12H2,1H3,(H,25,26). The Hall–Kier alpha value is -3.30. The van der Waals surface area contributed by atoms with Gasteiger partial charge in [0.2, 0.25) is 5.13 Å². The zero-order valence-corrected chi connectivity index (χ0v) is 18.9. The van der Waals surface area contributed by atoms with Crippen molar-refractivity contribution < 1.29 is 13.2 Å². The molecule has 0 saturated heterocycles. The molecular weight excluding hydrogens is 444 g/mol. The Kier molecular flexibility index (Phi) is 5.15. The fourth-order valence-electron chi connectivity index (χ4n) is 3.94. The molecule has 5 rings (SSSR count). The van der Waals surface area contributed by atoms with Crippen LogP contribution in [-0.4, -0.2) is 31.1 Å². The number of aryl methyl sites for hydroxylation is 2. The van der Waals surface area contributed by atoms with Crippen molar-refractivity contribution >= 4 is 48.9 Å². The number of anilines is 2. The van der Waals surface area contributed by atoms with Crippen molar-refractivity contribution in [3.63, 3.8) is 0 Å². The lowest BCUT2D eigenvalue weighted by atomic mass is 10.00. The van der Waals surface area contributed by atoms with Crippen LogP contribution in [-0.2, 0) is 16.4 Å². The van der Waals surface area contributed by atoms with Crippen LogP contribution in [0.3, 0.4) is 0 Å². The van der Waals surface area contributed by atoms with Crippen LogP contribution in [0, 0.1) is 6.92 Å². The van der Waals surface area contributed by atoms with Crippen molar-refractivity contribution in [1.29, 1.82) is 0 Å². The number of rotatable bonds is 4. The Morgan fingerprint density at radius 2 is 1.84 bits per heavy atom. The molecule has 0 spiro atoms. The number of hydrogen-bond donors (Lipinski definition) is 1. The molecule has 3 aromatic carbocycles. The topological polar surface area (TPSA) is 92.3 Å². The summed E-state index contributed by atoms with van der Waals surface area (Å²) in [6.45, 7) is 2.35. The Morgan fingerprint density at radius 1 is 1.03 bits per heavy atom. The van der Waals surface area contributed by atoms with Gasteiger partial charge in [0, 0.05) is 17.8 Å². The quantitative estimate of drug-likeness (QED) is 0.483. The average Bonchev–Trinajstić information content (AvgIpc) is 3.21. The van der Waals surface area contributed by atoms with Crippen molar-refractivity contribution in [3.05, 3.63) is 76.8 Å². The highest BCUT2D eigenvalue weighted by molar-refractivity contribution is 7.93. The Balaban J connectivity index is 1.45. The van der Waals surface area contributed by atoms with E-state index in [-0.39, 0.29) is 15.9 Å². The van der Waals surface area contributed by atoms with E-state index in [0.29, 0.717) is 23.5 Å². The van der Waals surface area contributed by atoms with E-state index < -0.39 is 10.0 Å². The SMILES string of the molecule is Cc1nnc(NS(=O)(=O)c2ccc3c(c2)CCCN3C(=O)c2ccc3ccccc3c2)s1. The van der Waals surface area contributed by atoms with E-state index in [1.165, 1.54) is 17.4 Å². The summed E-state index contributed by atoms with van der Waals surface area (Å²) in [6, 6.07) is 18.5. The number of aromatic nitrogens is 2. The van der Waals surface area contributed by atoms with Crippen LogP contribution in [0.2, 0.25) is 0 Å². The summed E-state index contributed by atoms with van der Waals surface area (Å²) >= 11 is 1.18. The minimum absolute atomic E-state index is 0.0882. The fourth-order valence-corrected chi connectivity index (χ4v) is 5.81. The molecule has 32 heavy (non-hydrogen) atoms. The van der Waals surface area contributed by atoms with E-state index in [1.54, 1.807) is 24.0 Å². The summed E-state index contributed by atoms with van der Waals surface area (Å²) in [4.78, 5) is 15.2. The Morgan fingerprint density at radius 3 is 2.62 bits per heavy atom. The molecule has 1 aliphatic heterocycles. The lowest BCUT2D eigenvalue weighted by Gasteiger charge is -2.30. The van der Waals surface area contributed by atoms with Gasteiger partial charge < -0.3 is 4.90 Å². The first-order valence-corrected chi connectivity index (χ1v) is 12.5. The minimum atomic E-state index is -3.79. The smallest absolute Gasteiger partial charge is 0.263 e. The molecule has 0 saturated carbocycles. The summed E-state index contributed by atoms with van der Waals surface area (Å²) in [5, 5.41) is 10.7. The largest absolute Gasteiger partial charge is 0.308 e. The van der Waals surface area contributed by atoms with Crippen LogP contribution >= 0.6 is 11.3 Å². The summed E-state index contributed by atoms with van der Waals surface area (Å²) < 4.78 is 28.1. The molecule has 1 aromatic heterocycles. The van der Waals surface area contributed by atoms with E-state index in [1.807, 2.05) is 42.5 Å². The van der Waals surface area contributed by atoms with E-state index >= 15 is 0 Å². The molecule has 9 heteroatoms. The van der Waals surface area contributed by atoms with E-state index in [9.17, 15) is 13.2 Å². The van der Waals surface area contributed by atoms with Crippen molar-refractivity contribution in [2.75, 3.05) is 16.2 Å². The van der Waals surface area contributed by atoms with Gasteiger partial charge in [0.25, 0.3) is 15.9 Å². The number of carbonyl (C=O) groups is 1. The van der Waals surface area contributed by atoms with Crippen LogP contribution in [0.15, 0.2) is 65.6 Å². The molecule has 0 radical (unpaired) electrons. The number of sulfonamides is 1. The minimum Gasteiger partial charge on any atom is -0.308 e. The number of nitrogens with one attached hydrogen (secondary N) is 1. The molecule has 7 nitrogen and oxygen atoms in total. The number of carbonyl (C=O) groups excluding carboxylic acids is 1. The van der Waals surface area contributed by atoms with Gasteiger partial charge >= 0.3 is 0 Å². The summed E-state index contributed by atoms with van der Waals surface area (Å²) in [5.74, 6) is -0.0882. The molecule has 2 heterocycles. The van der Waals surface area contributed by atoms with Gasteiger partial charge in [-0.15, -0.1) is 10.2 Å². The second kappa shape index (κ2) is 7.99. The second-order valence-electron chi connectivity index (χ2n) is 7.64. The van der Waals surface area contributed by atoms with Crippen LogP contribution < -0.4 is 9.62 Å². The number of fused-ring (bicyclic) bond motifs is 2. The van der Waals surface area contributed by atoms with Gasteiger partial charge in [0.15, 0.2) is 0 Å². The van der Waals surface area contributed by atoms with Gasteiger partial charge in [0.05, 0.1) is 4.90 Å². The van der Waals surface area contributed by atoms with E-state index in [2.05, 4.69) is 14.9 Å². The Labute approximate surface area is 189 Å². The maximum atomic E-state index is 13.3. The molecule has 1 amide bonds. The maximum absolute atomic E-state index is 13.3. The lowest BCUT2D eigenvalue weighted by molar-refractivity contribution is 0.0985. The van der Waals surface area contributed by atoms with Crippen LogP contribution in [0.25, 0.3) is 10.8 Å². The molecule has 0 bridgehead atoms. The van der Waals surface area contributed by atoms with E-state index in [0.717, 1.165) is 28.4 Å². The zero-order chi connectivity index (χ0) is 22.3. The number of nitrogens with zero attached hydrogens (tertiary/aromatic N) is 3. The van der Waals surface area contributed by atoms with E-state index in [4.69, 9.17) is 0 Å². The van der Waals surface area contributed by atoms with Crippen molar-refractivity contribution in [2.24, 2.45) is 0 Å². The van der Waals surface area contributed by atoms with Crippen molar-refractivity contribution in [3.8, 4) is 0 Å². The molecule has 1 N–H and O–H groups in total. The summed E-state index contributed by atoms with van der Waals surface area (Å²) in [6.07, 6.45) is 1.47. The molecule has 4 aromatic rings. The lowest BCUT2D eigenvalue weighted by Crippen LogP contribution is -2.35. The van der Waals surface area contributed by atoms with Gasteiger partial charge in [-0.2, -0.15) is 0 Å². The molecule has 1 aliphatic rings. The van der Waals surface area contributed by atoms with Crippen LogP contribution in [0.4, 0.5) is 10.8 Å². The predicted molar refractivity (Wildman–Crippen MR) is 126 cm³/mol. The third-order valence-electron chi connectivity index (χ3n) is 5.47. The van der Waals surface area contributed by atoms with Crippen LogP contribution in [0.1, 0.15) is 27.3 Å². The second-order valence-corrected chi connectivity index (χ2v) is 10.5. The van der Waals surface area contributed by atoms with Crippen LogP contribution in [0.5, 0.6) is 0 Å². The number of hydrogen-bond acceptors (Lipinski definition) is 6. The fraction of sp³-hybridized carbons (Fsp3) is 0.174. The van der Waals surface area contributed by atoms with Gasteiger partial charge in [-0.1, -0.05) is 41.7 Å². The average molecular weight is 465 g/mol. The number of amides is 1. The van der Waals surface area contributed by atoms with Crippen molar-refractivity contribution in [1.82, 2.24) is 10.2 Å². The molecular formula is C23H20N4O3S2. The highest BCUT2D eigenvalue weighted by Crippen LogP contribution is 2.32. The third kappa shape index (κ3) is 3.85. The summed E-state index contributed by atoms with van der Waals surface area (Å²) in [5.41, 5.74) is 2.20. The number of benzene rings is 3. The zero-order valence-electron chi connectivity index (χ0n) is 17.3. The molecule has 0 fully saturated rings.